The molecule has 0 unspecified atom stereocenters. The van der Waals surface area contributed by atoms with E-state index in [0.29, 0.717) is 0 Å². The molecule has 196 valence electrons. The van der Waals surface area contributed by atoms with E-state index < -0.39 is 0 Å². The fraction of sp³-hybridized carbons (Fsp3) is 0.100. The minimum absolute atomic E-state index is 0.0493. The highest BCUT2D eigenvalue weighted by Crippen LogP contribution is 2.47. The number of benzene rings is 8. The van der Waals surface area contributed by atoms with Gasteiger partial charge < -0.3 is 0 Å². The predicted octanol–water partition coefficient (Wildman–Crippen LogP) is 11.7. The second-order valence-electron chi connectivity index (χ2n) is 12.2. The second kappa shape index (κ2) is 8.62. The van der Waals surface area contributed by atoms with Crippen LogP contribution in [-0.4, -0.2) is 0 Å². The van der Waals surface area contributed by atoms with Gasteiger partial charge in [-0.15, -0.1) is 0 Å². The summed E-state index contributed by atoms with van der Waals surface area (Å²) in [6.07, 6.45) is 0. The SMILES string of the molecule is CC(C)(C)c1ccc2ccc3c(-c4c5ccccc5c(-c5ccc(F)cc5)c5ccccc45)ccc4ccc1c2c43. The van der Waals surface area contributed by atoms with Gasteiger partial charge in [0.25, 0.3) is 0 Å². The van der Waals surface area contributed by atoms with Crippen LogP contribution in [-0.2, 0) is 5.41 Å². The predicted molar refractivity (Wildman–Crippen MR) is 175 cm³/mol. The van der Waals surface area contributed by atoms with Crippen LogP contribution in [0.2, 0.25) is 0 Å². The Hall–Kier alpha value is -4.75. The fourth-order valence-corrected chi connectivity index (χ4v) is 7.02. The van der Waals surface area contributed by atoms with Crippen LogP contribution < -0.4 is 0 Å². The first-order valence-corrected chi connectivity index (χ1v) is 14.3. The largest absolute Gasteiger partial charge is 0.207 e. The Morgan fingerprint density at radius 2 is 0.927 bits per heavy atom. The summed E-state index contributed by atoms with van der Waals surface area (Å²) in [5.41, 5.74) is 6.09. The molecular formula is C40H29F. The summed E-state index contributed by atoms with van der Waals surface area (Å²) in [4.78, 5) is 0. The molecule has 1 heteroatoms. The van der Waals surface area contributed by atoms with E-state index in [0.717, 1.165) is 11.1 Å². The molecule has 0 radical (unpaired) electrons. The zero-order chi connectivity index (χ0) is 27.9. The van der Waals surface area contributed by atoms with E-state index in [1.165, 1.54) is 70.6 Å². The number of halogens is 1. The van der Waals surface area contributed by atoms with Gasteiger partial charge in [-0.2, -0.15) is 0 Å². The van der Waals surface area contributed by atoms with Crippen LogP contribution in [0.1, 0.15) is 26.3 Å². The van der Waals surface area contributed by atoms with Crippen LogP contribution in [0.15, 0.2) is 121 Å². The van der Waals surface area contributed by atoms with Gasteiger partial charge >= 0.3 is 0 Å². The molecule has 41 heavy (non-hydrogen) atoms. The molecule has 0 saturated heterocycles. The summed E-state index contributed by atoms with van der Waals surface area (Å²) in [6.45, 7) is 6.89. The van der Waals surface area contributed by atoms with Gasteiger partial charge in [-0.05, 0) is 99.2 Å². The standard InChI is InChI=1S/C40H29F/c1-40(2,3)35-23-17-26-14-20-32-33(21-15-25-16-22-34(35)38(26)37(25)32)39-30-10-6-4-8-28(30)36(24-12-18-27(41)19-13-24)29-9-5-7-11-31(29)39/h4-23H,1-3H3. The number of fused-ring (bicyclic) bond motifs is 2. The van der Waals surface area contributed by atoms with Crippen molar-refractivity contribution in [3.05, 3.63) is 133 Å². The molecule has 0 spiro atoms. The summed E-state index contributed by atoms with van der Waals surface area (Å²) in [5.74, 6) is -0.220. The van der Waals surface area contributed by atoms with E-state index in [1.54, 1.807) is 12.1 Å². The average Bonchev–Trinajstić information content (AvgIpc) is 2.98. The summed E-state index contributed by atoms with van der Waals surface area (Å²) in [6, 6.07) is 42.6. The molecule has 0 bridgehead atoms. The molecule has 8 rings (SSSR count). The van der Waals surface area contributed by atoms with E-state index in [4.69, 9.17) is 0 Å². The summed E-state index contributed by atoms with van der Waals surface area (Å²) >= 11 is 0. The van der Waals surface area contributed by atoms with E-state index in [9.17, 15) is 4.39 Å². The first-order valence-electron chi connectivity index (χ1n) is 14.3. The van der Waals surface area contributed by atoms with Crippen molar-refractivity contribution in [3.8, 4) is 22.3 Å². The van der Waals surface area contributed by atoms with Crippen LogP contribution in [0.25, 0.3) is 76.1 Å². The van der Waals surface area contributed by atoms with Crippen molar-refractivity contribution in [2.75, 3.05) is 0 Å². The Morgan fingerprint density at radius 1 is 0.439 bits per heavy atom. The molecule has 0 heterocycles. The average molecular weight is 529 g/mol. The maximum Gasteiger partial charge on any atom is 0.123 e. The minimum Gasteiger partial charge on any atom is -0.207 e. The Morgan fingerprint density at radius 3 is 1.51 bits per heavy atom. The fourth-order valence-electron chi connectivity index (χ4n) is 7.02. The van der Waals surface area contributed by atoms with Gasteiger partial charge in [0.2, 0.25) is 0 Å². The molecular weight excluding hydrogens is 499 g/mol. The molecule has 0 saturated carbocycles. The van der Waals surface area contributed by atoms with Gasteiger partial charge in [0.1, 0.15) is 5.82 Å². The maximum atomic E-state index is 13.9. The van der Waals surface area contributed by atoms with Gasteiger partial charge in [0.05, 0.1) is 0 Å². The second-order valence-corrected chi connectivity index (χ2v) is 12.2. The zero-order valence-electron chi connectivity index (χ0n) is 23.4. The van der Waals surface area contributed by atoms with Gasteiger partial charge in [0, 0.05) is 0 Å². The smallest absolute Gasteiger partial charge is 0.123 e. The Labute approximate surface area is 239 Å². The summed E-state index contributed by atoms with van der Waals surface area (Å²) in [5, 5.41) is 12.6. The number of hydrogen-bond donors (Lipinski definition) is 0. The maximum absolute atomic E-state index is 13.9. The molecule has 0 aliphatic carbocycles. The van der Waals surface area contributed by atoms with E-state index in [2.05, 4.69) is 118 Å². The zero-order valence-corrected chi connectivity index (χ0v) is 23.4. The van der Waals surface area contributed by atoms with Gasteiger partial charge in [-0.25, -0.2) is 4.39 Å². The van der Waals surface area contributed by atoms with Crippen LogP contribution in [0.5, 0.6) is 0 Å². The highest BCUT2D eigenvalue weighted by Gasteiger charge is 2.22. The van der Waals surface area contributed by atoms with E-state index >= 15 is 0 Å². The van der Waals surface area contributed by atoms with Gasteiger partial charge in [-0.3, -0.25) is 0 Å². The van der Waals surface area contributed by atoms with Crippen molar-refractivity contribution in [2.24, 2.45) is 0 Å². The first-order chi connectivity index (χ1) is 19.9. The molecule has 0 amide bonds. The Kier molecular flexibility index (Phi) is 5.06. The summed E-state index contributed by atoms with van der Waals surface area (Å²) in [7, 11) is 0. The lowest BCUT2D eigenvalue weighted by atomic mass is 9.80. The molecule has 0 aliphatic rings. The molecule has 0 atom stereocenters. The lowest BCUT2D eigenvalue weighted by Crippen LogP contribution is -2.11. The third kappa shape index (κ3) is 3.52. The normalized spacial score (nSPS) is 12.4. The molecule has 8 aromatic rings. The minimum atomic E-state index is -0.220. The highest BCUT2D eigenvalue weighted by molar-refractivity contribution is 6.29. The lowest BCUT2D eigenvalue weighted by Gasteiger charge is -2.24. The monoisotopic (exact) mass is 528 g/mol. The molecule has 0 fully saturated rings. The van der Waals surface area contributed by atoms with Gasteiger partial charge in [0.15, 0.2) is 0 Å². The lowest BCUT2D eigenvalue weighted by molar-refractivity contribution is 0.596. The van der Waals surface area contributed by atoms with Crippen molar-refractivity contribution in [1.29, 1.82) is 0 Å². The highest BCUT2D eigenvalue weighted by atomic mass is 19.1. The van der Waals surface area contributed by atoms with Crippen molar-refractivity contribution in [3.63, 3.8) is 0 Å². The number of rotatable bonds is 2. The molecule has 0 aliphatic heterocycles. The van der Waals surface area contributed by atoms with E-state index in [1.807, 2.05) is 12.1 Å². The van der Waals surface area contributed by atoms with Crippen molar-refractivity contribution < 1.29 is 4.39 Å². The van der Waals surface area contributed by atoms with Crippen molar-refractivity contribution >= 4 is 53.9 Å². The third-order valence-corrected chi connectivity index (χ3v) is 8.81. The van der Waals surface area contributed by atoms with Crippen LogP contribution >= 0.6 is 0 Å². The van der Waals surface area contributed by atoms with Crippen molar-refractivity contribution in [1.82, 2.24) is 0 Å². The summed E-state index contributed by atoms with van der Waals surface area (Å²) < 4.78 is 13.9. The van der Waals surface area contributed by atoms with Gasteiger partial charge in [-0.1, -0.05) is 130 Å². The van der Waals surface area contributed by atoms with E-state index in [-0.39, 0.29) is 11.2 Å². The molecule has 0 N–H and O–H groups in total. The molecule has 0 aromatic heterocycles. The number of hydrogen-bond acceptors (Lipinski definition) is 0. The topological polar surface area (TPSA) is 0 Å². The Bertz CT molecular complexity index is 2220. The molecule has 0 nitrogen and oxygen atoms in total. The first kappa shape index (κ1) is 24.1. The van der Waals surface area contributed by atoms with Crippen LogP contribution in [0.3, 0.4) is 0 Å². The van der Waals surface area contributed by atoms with Crippen LogP contribution in [0, 0.1) is 5.82 Å². The molecule has 8 aromatic carbocycles. The Balaban J connectivity index is 1.54. The third-order valence-electron chi connectivity index (χ3n) is 8.81. The van der Waals surface area contributed by atoms with Crippen molar-refractivity contribution in [2.45, 2.75) is 26.2 Å². The van der Waals surface area contributed by atoms with Crippen LogP contribution in [0.4, 0.5) is 4.39 Å². The quantitative estimate of drug-likeness (QED) is 0.155.